The smallest absolute Gasteiger partial charge is 0.254 e. The number of aryl methyl sites for hydroxylation is 1. The molecular weight excluding hydrogens is 408 g/mol. The van der Waals surface area contributed by atoms with Gasteiger partial charge in [0.15, 0.2) is 0 Å². The van der Waals surface area contributed by atoms with Crippen LogP contribution in [-0.4, -0.2) is 41.2 Å². The molecule has 0 radical (unpaired) electrons. The molecule has 2 aromatic rings. The minimum Gasteiger partial charge on any atom is -0.334 e. The molecule has 3 rings (SSSR count). The van der Waals surface area contributed by atoms with Crippen LogP contribution in [0, 0.1) is 0 Å². The van der Waals surface area contributed by atoms with Crippen LogP contribution in [0.2, 0.25) is 0 Å². The fourth-order valence-electron chi connectivity index (χ4n) is 4.75. The molecule has 0 aromatic heterocycles. The van der Waals surface area contributed by atoms with Gasteiger partial charge < -0.3 is 9.80 Å². The van der Waals surface area contributed by atoms with Gasteiger partial charge >= 0.3 is 0 Å². The summed E-state index contributed by atoms with van der Waals surface area (Å²) in [5.41, 5.74) is 4.49. The molecule has 0 saturated carbocycles. The van der Waals surface area contributed by atoms with Crippen LogP contribution in [0.25, 0.3) is 0 Å². The number of hydrogen-bond donors (Lipinski definition) is 0. The van der Waals surface area contributed by atoms with Crippen LogP contribution in [0.4, 0.5) is 0 Å². The van der Waals surface area contributed by atoms with E-state index in [1.165, 1.54) is 36.0 Å². The van der Waals surface area contributed by atoms with Crippen molar-refractivity contribution in [2.75, 3.05) is 19.6 Å². The highest BCUT2D eigenvalue weighted by molar-refractivity contribution is 5.96. The summed E-state index contributed by atoms with van der Waals surface area (Å²) >= 11 is 0. The Bertz CT molecular complexity index is 906. The van der Waals surface area contributed by atoms with Crippen LogP contribution in [0.1, 0.15) is 92.4 Å². The zero-order valence-electron chi connectivity index (χ0n) is 20.7. The molecule has 1 heterocycles. The van der Waals surface area contributed by atoms with E-state index >= 15 is 0 Å². The first-order valence-electron chi connectivity index (χ1n) is 12.8. The first-order valence-corrected chi connectivity index (χ1v) is 12.8. The molecule has 2 amide bonds. The van der Waals surface area contributed by atoms with Crippen molar-refractivity contribution in [3.63, 3.8) is 0 Å². The summed E-state index contributed by atoms with van der Waals surface area (Å²) in [6.45, 7) is 7.93. The van der Waals surface area contributed by atoms with Crippen molar-refractivity contribution in [1.29, 1.82) is 0 Å². The van der Waals surface area contributed by atoms with Crippen LogP contribution in [0.3, 0.4) is 0 Å². The summed E-state index contributed by atoms with van der Waals surface area (Å²) < 4.78 is 0. The standard InChI is InChI=1S/C29H40N2O2/c1-4-6-8-12-24-15-17-26(18-16-24)29(33)30(20-11-7-5-2)22-28(32)31-21-19-25-13-9-10-14-27(25)23(31)3/h9-10,13-18,23H,4-8,11-12,19-22H2,1-3H3. The fraction of sp³-hybridized carbons (Fsp3) is 0.517. The summed E-state index contributed by atoms with van der Waals surface area (Å²) in [5, 5.41) is 0. The van der Waals surface area contributed by atoms with E-state index < -0.39 is 0 Å². The van der Waals surface area contributed by atoms with Gasteiger partial charge in [0, 0.05) is 18.7 Å². The lowest BCUT2D eigenvalue weighted by atomic mass is 9.93. The zero-order chi connectivity index (χ0) is 23.6. The second-order valence-electron chi connectivity index (χ2n) is 9.30. The Morgan fingerprint density at radius 1 is 0.939 bits per heavy atom. The van der Waals surface area contributed by atoms with E-state index in [2.05, 4.69) is 51.1 Å². The summed E-state index contributed by atoms with van der Waals surface area (Å²) in [4.78, 5) is 30.4. The van der Waals surface area contributed by atoms with E-state index in [1.807, 2.05) is 23.1 Å². The van der Waals surface area contributed by atoms with E-state index in [1.54, 1.807) is 4.90 Å². The van der Waals surface area contributed by atoms with Gasteiger partial charge in [-0.15, -0.1) is 0 Å². The minimum atomic E-state index is -0.0374. The molecule has 0 spiro atoms. The molecule has 1 unspecified atom stereocenters. The predicted molar refractivity (Wildman–Crippen MR) is 135 cm³/mol. The van der Waals surface area contributed by atoms with Crippen LogP contribution < -0.4 is 0 Å². The van der Waals surface area contributed by atoms with E-state index in [-0.39, 0.29) is 24.4 Å². The number of rotatable bonds is 11. The van der Waals surface area contributed by atoms with Gasteiger partial charge in [-0.1, -0.05) is 75.9 Å². The third kappa shape index (κ3) is 6.69. The van der Waals surface area contributed by atoms with Gasteiger partial charge in [-0.05, 0) is 61.4 Å². The molecule has 33 heavy (non-hydrogen) atoms. The van der Waals surface area contributed by atoms with Crippen LogP contribution in [0.5, 0.6) is 0 Å². The topological polar surface area (TPSA) is 40.6 Å². The van der Waals surface area contributed by atoms with Crippen LogP contribution >= 0.6 is 0 Å². The van der Waals surface area contributed by atoms with Crippen LogP contribution in [0.15, 0.2) is 48.5 Å². The monoisotopic (exact) mass is 448 g/mol. The molecule has 1 atom stereocenters. The molecule has 1 aliphatic heterocycles. The lowest BCUT2D eigenvalue weighted by molar-refractivity contribution is -0.134. The van der Waals surface area contributed by atoms with Crippen molar-refractivity contribution in [1.82, 2.24) is 9.80 Å². The Labute approximate surface area is 200 Å². The largest absolute Gasteiger partial charge is 0.334 e. The molecule has 0 aliphatic carbocycles. The van der Waals surface area contributed by atoms with Gasteiger partial charge in [-0.2, -0.15) is 0 Å². The van der Waals surface area contributed by atoms with Crippen molar-refractivity contribution < 1.29 is 9.59 Å². The van der Waals surface area contributed by atoms with E-state index in [9.17, 15) is 9.59 Å². The number of amides is 2. The van der Waals surface area contributed by atoms with Gasteiger partial charge in [0.05, 0.1) is 6.04 Å². The SMILES string of the molecule is CCCCCc1ccc(C(=O)N(CCCCC)CC(=O)N2CCc3ccccc3C2C)cc1. The van der Waals surface area contributed by atoms with Gasteiger partial charge in [-0.25, -0.2) is 0 Å². The molecule has 1 aliphatic rings. The Balaban J connectivity index is 1.69. The van der Waals surface area contributed by atoms with Crippen molar-refractivity contribution in [3.8, 4) is 0 Å². The lowest BCUT2D eigenvalue weighted by Gasteiger charge is -2.36. The molecule has 2 aromatic carbocycles. The summed E-state index contributed by atoms with van der Waals surface area (Å²) in [6, 6.07) is 16.4. The molecule has 0 bridgehead atoms. The average Bonchev–Trinajstić information content (AvgIpc) is 2.84. The first kappa shape index (κ1) is 25.0. The highest BCUT2D eigenvalue weighted by Crippen LogP contribution is 2.29. The van der Waals surface area contributed by atoms with Crippen LogP contribution in [-0.2, 0) is 17.6 Å². The number of carbonyl (C=O) groups is 2. The Morgan fingerprint density at radius 2 is 1.64 bits per heavy atom. The highest BCUT2D eigenvalue weighted by atomic mass is 16.2. The third-order valence-electron chi connectivity index (χ3n) is 6.83. The van der Waals surface area contributed by atoms with Gasteiger partial charge in [0.25, 0.3) is 5.91 Å². The Morgan fingerprint density at radius 3 is 2.36 bits per heavy atom. The van der Waals surface area contributed by atoms with Crippen molar-refractivity contribution in [3.05, 3.63) is 70.8 Å². The third-order valence-corrected chi connectivity index (χ3v) is 6.83. The second kappa shape index (κ2) is 12.6. The average molecular weight is 449 g/mol. The predicted octanol–water partition coefficient (Wildman–Crippen LogP) is 6.20. The number of nitrogens with zero attached hydrogens (tertiary/aromatic N) is 2. The van der Waals surface area contributed by atoms with Crippen molar-refractivity contribution in [2.24, 2.45) is 0 Å². The summed E-state index contributed by atoms with van der Waals surface area (Å²) in [6.07, 6.45) is 8.60. The number of unbranched alkanes of at least 4 members (excludes halogenated alkanes) is 4. The van der Waals surface area contributed by atoms with E-state index in [0.717, 1.165) is 32.1 Å². The van der Waals surface area contributed by atoms with Gasteiger partial charge in [-0.3, -0.25) is 9.59 Å². The quantitative estimate of drug-likeness (QED) is 0.384. The zero-order valence-corrected chi connectivity index (χ0v) is 20.7. The normalized spacial score (nSPS) is 15.2. The summed E-state index contributed by atoms with van der Waals surface area (Å²) in [7, 11) is 0. The number of fused-ring (bicyclic) bond motifs is 1. The highest BCUT2D eigenvalue weighted by Gasteiger charge is 2.29. The first-order chi connectivity index (χ1) is 16.0. The number of benzene rings is 2. The van der Waals surface area contributed by atoms with Crippen molar-refractivity contribution >= 4 is 11.8 Å². The maximum Gasteiger partial charge on any atom is 0.254 e. The number of hydrogen-bond acceptors (Lipinski definition) is 2. The molecule has 4 heteroatoms. The maximum atomic E-state index is 13.4. The summed E-state index contributed by atoms with van der Waals surface area (Å²) in [5.74, 6) is 0.00246. The fourth-order valence-corrected chi connectivity index (χ4v) is 4.75. The van der Waals surface area contributed by atoms with Crippen molar-refractivity contribution in [2.45, 2.75) is 78.2 Å². The molecular formula is C29H40N2O2. The second-order valence-corrected chi connectivity index (χ2v) is 9.30. The lowest BCUT2D eigenvalue weighted by Crippen LogP contribution is -2.46. The molecule has 0 fully saturated rings. The molecule has 178 valence electrons. The van der Waals surface area contributed by atoms with E-state index in [0.29, 0.717) is 18.7 Å². The van der Waals surface area contributed by atoms with Gasteiger partial charge in [0.2, 0.25) is 5.91 Å². The minimum absolute atomic E-state index is 0.0374. The Kier molecular flexibility index (Phi) is 9.53. The maximum absolute atomic E-state index is 13.4. The Hall–Kier alpha value is -2.62. The molecule has 4 nitrogen and oxygen atoms in total. The molecule has 0 N–H and O–H groups in total. The van der Waals surface area contributed by atoms with Gasteiger partial charge in [0.1, 0.15) is 6.54 Å². The molecule has 0 saturated heterocycles. The number of carbonyl (C=O) groups excluding carboxylic acids is 2. The van der Waals surface area contributed by atoms with E-state index in [4.69, 9.17) is 0 Å².